The van der Waals surface area contributed by atoms with Crippen LogP contribution in [0, 0.1) is 0 Å². The summed E-state index contributed by atoms with van der Waals surface area (Å²) >= 11 is 0. The minimum atomic E-state index is -3.67. The molecular formula is C18H18F2N2O3. The number of alkyl halides is 2. The van der Waals surface area contributed by atoms with Crippen LogP contribution < -0.4 is 9.64 Å². The van der Waals surface area contributed by atoms with Gasteiger partial charge in [-0.1, -0.05) is 18.2 Å². The number of aliphatic hydroxyl groups is 1. The molecule has 0 radical (unpaired) electrons. The van der Waals surface area contributed by atoms with Gasteiger partial charge in [0.2, 0.25) is 5.88 Å². The summed E-state index contributed by atoms with van der Waals surface area (Å²) in [6.45, 7) is 3.66. The Hall–Kier alpha value is -2.54. The Morgan fingerprint density at radius 3 is 2.68 bits per heavy atom. The first-order valence-electron chi connectivity index (χ1n) is 7.95. The van der Waals surface area contributed by atoms with Crippen molar-refractivity contribution in [2.75, 3.05) is 11.5 Å². The van der Waals surface area contributed by atoms with Crippen LogP contribution in [0.5, 0.6) is 5.88 Å². The van der Waals surface area contributed by atoms with Gasteiger partial charge in [-0.2, -0.15) is 8.78 Å². The zero-order chi connectivity index (χ0) is 18.2. The van der Waals surface area contributed by atoms with Crippen LogP contribution in [-0.2, 0) is 17.3 Å². The van der Waals surface area contributed by atoms with Gasteiger partial charge in [-0.15, -0.1) is 0 Å². The number of aromatic nitrogens is 1. The summed E-state index contributed by atoms with van der Waals surface area (Å²) < 4.78 is 34.3. The van der Waals surface area contributed by atoms with Gasteiger partial charge in [0.1, 0.15) is 0 Å². The number of carbonyl (C=O) groups excluding carboxylic acids is 1. The highest BCUT2D eigenvalue weighted by atomic mass is 19.3. The molecule has 1 aromatic heterocycles. The van der Waals surface area contributed by atoms with E-state index in [4.69, 9.17) is 4.74 Å². The van der Waals surface area contributed by atoms with E-state index in [9.17, 15) is 18.7 Å². The minimum absolute atomic E-state index is 0.0376. The van der Waals surface area contributed by atoms with E-state index in [-0.39, 0.29) is 17.8 Å². The van der Waals surface area contributed by atoms with Gasteiger partial charge in [0, 0.05) is 12.3 Å². The van der Waals surface area contributed by atoms with Gasteiger partial charge in [-0.25, -0.2) is 4.98 Å². The summed E-state index contributed by atoms with van der Waals surface area (Å²) in [6.07, 6.45) is 0.396. The van der Waals surface area contributed by atoms with Crippen molar-refractivity contribution in [1.82, 2.24) is 4.98 Å². The highest BCUT2D eigenvalue weighted by Gasteiger charge is 2.54. The fraction of sp³-hybridized carbons (Fsp3) is 0.333. The van der Waals surface area contributed by atoms with Crippen molar-refractivity contribution in [2.24, 2.45) is 0 Å². The quantitative estimate of drug-likeness (QED) is 0.901. The third-order valence-corrected chi connectivity index (χ3v) is 4.07. The number of halogens is 2. The van der Waals surface area contributed by atoms with E-state index in [1.54, 1.807) is 18.2 Å². The third kappa shape index (κ3) is 2.95. The summed E-state index contributed by atoms with van der Waals surface area (Å²) in [5.41, 5.74) is 0.349. The van der Waals surface area contributed by atoms with Crippen molar-refractivity contribution >= 4 is 11.6 Å². The zero-order valence-electron chi connectivity index (χ0n) is 13.9. The van der Waals surface area contributed by atoms with E-state index in [0.29, 0.717) is 18.1 Å². The van der Waals surface area contributed by atoms with Crippen LogP contribution >= 0.6 is 0 Å². The molecule has 2 aromatic rings. The Balaban J connectivity index is 1.96. The van der Waals surface area contributed by atoms with E-state index < -0.39 is 23.5 Å². The second kappa shape index (κ2) is 6.40. The average Bonchev–Trinajstić information content (AvgIpc) is 2.78. The van der Waals surface area contributed by atoms with E-state index in [0.717, 1.165) is 4.90 Å². The number of pyridine rings is 1. The third-order valence-electron chi connectivity index (χ3n) is 4.07. The normalized spacial score (nSPS) is 16.7. The summed E-state index contributed by atoms with van der Waals surface area (Å²) in [7, 11) is 0. The molecule has 3 rings (SSSR count). The molecule has 1 aliphatic heterocycles. The van der Waals surface area contributed by atoms with Crippen LogP contribution in [0.15, 0.2) is 36.5 Å². The van der Waals surface area contributed by atoms with E-state index in [1.165, 1.54) is 25.3 Å². The largest absolute Gasteiger partial charge is 0.478 e. The summed E-state index contributed by atoms with van der Waals surface area (Å²) in [4.78, 5) is 17.4. The number of benzene rings is 1. The van der Waals surface area contributed by atoms with Gasteiger partial charge < -0.3 is 14.7 Å². The molecule has 5 nitrogen and oxygen atoms in total. The van der Waals surface area contributed by atoms with Crippen LogP contribution in [0.25, 0.3) is 0 Å². The van der Waals surface area contributed by atoms with Crippen LogP contribution in [0.4, 0.5) is 14.5 Å². The Bertz CT molecular complexity index is 791. The smallest absolute Gasteiger partial charge is 0.352 e. The molecule has 0 bridgehead atoms. The van der Waals surface area contributed by atoms with Crippen molar-refractivity contribution in [3.63, 3.8) is 0 Å². The lowest BCUT2D eigenvalue weighted by Crippen LogP contribution is -2.34. The molecule has 1 atom stereocenters. The van der Waals surface area contributed by atoms with Gasteiger partial charge in [-0.3, -0.25) is 4.79 Å². The molecular weight excluding hydrogens is 330 g/mol. The predicted octanol–water partition coefficient (Wildman–Crippen LogP) is 3.17. The molecule has 132 valence electrons. The standard InChI is InChI=1S/C18H18F2N2O3/c1-3-25-15-8-7-12(9-21-15)10-22-14-6-4-5-13(11(2)23)16(14)18(19,20)17(22)24/h4-9,11,23H,3,10H2,1-2H3/t11-/m0/s1. The van der Waals surface area contributed by atoms with Gasteiger partial charge in [-0.05, 0) is 31.0 Å². The van der Waals surface area contributed by atoms with Crippen LogP contribution in [-0.4, -0.2) is 22.6 Å². The van der Waals surface area contributed by atoms with Crippen molar-refractivity contribution in [1.29, 1.82) is 0 Å². The first-order chi connectivity index (χ1) is 11.9. The number of hydrogen-bond donors (Lipinski definition) is 1. The fourth-order valence-corrected chi connectivity index (χ4v) is 2.94. The van der Waals surface area contributed by atoms with Crippen molar-refractivity contribution in [3.8, 4) is 5.88 Å². The highest BCUT2D eigenvalue weighted by molar-refractivity contribution is 6.06. The van der Waals surface area contributed by atoms with Crippen LogP contribution in [0.3, 0.4) is 0 Å². The first kappa shape index (κ1) is 17.3. The number of fused-ring (bicyclic) bond motifs is 1. The molecule has 25 heavy (non-hydrogen) atoms. The van der Waals surface area contributed by atoms with Gasteiger partial charge in [0.05, 0.1) is 30.5 Å². The highest BCUT2D eigenvalue weighted by Crippen LogP contribution is 2.47. The Morgan fingerprint density at radius 1 is 1.32 bits per heavy atom. The van der Waals surface area contributed by atoms with E-state index in [1.807, 2.05) is 6.92 Å². The fourth-order valence-electron chi connectivity index (χ4n) is 2.94. The molecule has 0 aliphatic carbocycles. The lowest BCUT2D eigenvalue weighted by molar-refractivity contribution is -0.141. The van der Waals surface area contributed by atoms with Gasteiger partial charge >= 0.3 is 11.8 Å². The molecule has 2 heterocycles. The monoisotopic (exact) mass is 348 g/mol. The molecule has 0 fully saturated rings. The van der Waals surface area contributed by atoms with E-state index in [2.05, 4.69) is 4.98 Å². The molecule has 7 heteroatoms. The van der Waals surface area contributed by atoms with Crippen molar-refractivity contribution in [2.45, 2.75) is 32.4 Å². The SMILES string of the molecule is CCOc1ccc(CN2C(=O)C(F)(F)c3c([C@H](C)O)cccc32)cn1. The number of carbonyl (C=O) groups is 1. The topological polar surface area (TPSA) is 62.7 Å². The Labute approximate surface area is 143 Å². The molecule has 0 saturated heterocycles. The Morgan fingerprint density at radius 2 is 2.08 bits per heavy atom. The summed E-state index contributed by atoms with van der Waals surface area (Å²) in [6, 6.07) is 7.73. The molecule has 0 saturated carbocycles. The average molecular weight is 348 g/mol. The predicted molar refractivity (Wildman–Crippen MR) is 87.6 cm³/mol. The molecule has 0 unspecified atom stereocenters. The number of rotatable bonds is 5. The van der Waals surface area contributed by atoms with Crippen molar-refractivity contribution in [3.05, 3.63) is 53.2 Å². The maximum atomic E-state index is 14.5. The number of amides is 1. The zero-order valence-corrected chi connectivity index (χ0v) is 13.9. The molecule has 1 aromatic carbocycles. The lowest BCUT2D eigenvalue weighted by Gasteiger charge is -2.17. The Kier molecular flexibility index (Phi) is 4.43. The van der Waals surface area contributed by atoms with Crippen LogP contribution in [0.1, 0.15) is 36.6 Å². The second-order valence-corrected chi connectivity index (χ2v) is 5.82. The molecule has 1 amide bonds. The molecule has 1 aliphatic rings. The van der Waals surface area contributed by atoms with E-state index >= 15 is 0 Å². The number of anilines is 1. The first-order valence-corrected chi connectivity index (χ1v) is 7.95. The number of aliphatic hydroxyl groups excluding tert-OH is 1. The number of hydrogen-bond acceptors (Lipinski definition) is 4. The maximum absolute atomic E-state index is 14.5. The molecule has 0 spiro atoms. The number of ether oxygens (including phenoxy) is 1. The summed E-state index contributed by atoms with van der Waals surface area (Å²) in [5.74, 6) is -4.53. The van der Waals surface area contributed by atoms with Crippen molar-refractivity contribution < 1.29 is 23.4 Å². The second-order valence-electron chi connectivity index (χ2n) is 5.82. The molecule has 1 N–H and O–H groups in total. The van der Waals surface area contributed by atoms with Crippen LogP contribution in [0.2, 0.25) is 0 Å². The van der Waals surface area contributed by atoms with Gasteiger partial charge in [0.25, 0.3) is 0 Å². The number of nitrogens with zero attached hydrogens (tertiary/aromatic N) is 2. The lowest BCUT2D eigenvalue weighted by atomic mass is 9.98. The minimum Gasteiger partial charge on any atom is -0.478 e. The summed E-state index contributed by atoms with van der Waals surface area (Å²) in [5, 5.41) is 9.78. The van der Waals surface area contributed by atoms with Gasteiger partial charge in [0.15, 0.2) is 0 Å². The maximum Gasteiger partial charge on any atom is 0.352 e.